The Kier molecular flexibility index (Phi) is 4.56. The molecule has 0 aromatic heterocycles. The molecule has 0 bridgehead atoms. The van der Waals surface area contributed by atoms with Gasteiger partial charge in [-0.1, -0.05) is 6.07 Å². The fraction of sp³-hybridized carbons (Fsp3) is 0.357. The molecule has 1 atom stereocenters. The van der Waals surface area contributed by atoms with Gasteiger partial charge in [-0.2, -0.15) is 5.26 Å². The summed E-state index contributed by atoms with van der Waals surface area (Å²) in [6.07, 6.45) is 0. The van der Waals surface area contributed by atoms with Gasteiger partial charge in [-0.05, 0) is 32.9 Å². The highest BCUT2D eigenvalue weighted by Crippen LogP contribution is 2.19. The standard InChI is InChI=1S/C14H13F2NO3/c1-14(2,3)20-13(19)8(7-17)12(18)11-9(15)5-4-6-10(11)16/h4-6,8H,1-3H3. The van der Waals surface area contributed by atoms with Gasteiger partial charge in [0.05, 0.1) is 11.6 Å². The Bertz CT molecular complexity index is 565. The molecule has 0 N–H and O–H groups in total. The van der Waals surface area contributed by atoms with Crippen molar-refractivity contribution < 1.29 is 23.1 Å². The maximum Gasteiger partial charge on any atom is 0.331 e. The molecule has 20 heavy (non-hydrogen) atoms. The second-order valence-electron chi connectivity index (χ2n) is 5.06. The first-order chi connectivity index (χ1) is 9.17. The number of halogens is 2. The van der Waals surface area contributed by atoms with Crippen molar-refractivity contribution in [2.75, 3.05) is 0 Å². The molecule has 0 fully saturated rings. The van der Waals surface area contributed by atoms with Crippen molar-refractivity contribution >= 4 is 11.8 Å². The van der Waals surface area contributed by atoms with Crippen LogP contribution in [0.15, 0.2) is 18.2 Å². The van der Waals surface area contributed by atoms with E-state index in [1.165, 1.54) is 6.07 Å². The predicted octanol–water partition coefficient (Wildman–Crippen LogP) is 2.63. The van der Waals surface area contributed by atoms with Gasteiger partial charge in [0.2, 0.25) is 5.92 Å². The van der Waals surface area contributed by atoms with Crippen molar-refractivity contribution in [2.24, 2.45) is 5.92 Å². The molecule has 1 rings (SSSR count). The molecule has 6 heteroatoms. The van der Waals surface area contributed by atoms with Crippen LogP contribution in [0.2, 0.25) is 0 Å². The lowest BCUT2D eigenvalue weighted by Crippen LogP contribution is -2.32. The minimum atomic E-state index is -1.90. The molecule has 1 aromatic carbocycles. The fourth-order valence-electron chi connectivity index (χ4n) is 1.46. The number of ether oxygens (including phenoxy) is 1. The number of Topliss-reactive ketones (excluding diaryl/α,β-unsaturated/α-hetero) is 1. The number of carbonyl (C=O) groups is 2. The Balaban J connectivity index is 3.11. The van der Waals surface area contributed by atoms with E-state index in [2.05, 4.69) is 0 Å². The van der Waals surface area contributed by atoms with Crippen LogP contribution in [0.25, 0.3) is 0 Å². The second kappa shape index (κ2) is 5.78. The average molecular weight is 281 g/mol. The molecule has 0 spiro atoms. The molecule has 4 nitrogen and oxygen atoms in total. The van der Waals surface area contributed by atoms with Gasteiger partial charge in [-0.25, -0.2) is 8.78 Å². The summed E-state index contributed by atoms with van der Waals surface area (Å²) in [6, 6.07) is 4.25. The average Bonchev–Trinajstić information content (AvgIpc) is 2.26. The molecular weight excluding hydrogens is 268 g/mol. The van der Waals surface area contributed by atoms with Gasteiger partial charge < -0.3 is 4.74 Å². The van der Waals surface area contributed by atoms with Crippen molar-refractivity contribution in [1.82, 2.24) is 0 Å². The van der Waals surface area contributed by atoms with E-state index in [0.717, 1.165) is 18.2 Å². The molecule has 0 saturated heterocycles. The molecule has 1 aromatic rings. The summed E-state index contributed by atoms with van der Waals surface area (Å²) in [5.41, 5.74) is -1.83. The Morgan fingerprint density at radius 1 is 1.25 bits per heavy atom. The Labute approximate surface area is 115 Å². The fourth-order valence-corrected chi connectivity index (χ4v) is 1.46. The van der Waals surface area contributed by atoms with Gasteiger partial charge in [0.25, 0.3) is 0 Å². The van der Waals surface area contributed by atoms with Gasteiger partial charge in [-0.3, -0.25) is 9.59 Å². The minimum absolute atomic E-state index is 0.875. The van der Waals surface area contributed by atoms with Crippen molar-refractivity contribution in [1.29, 1.82) is 5.26 Å². The van der Waals surface area contributed by atoms with Crippen LogP contribution in [0.4, 0.5) is 8.78 Å². The van der Waals surface area contributed by atoms with Crippen molar-refractivity contribution in [3.05, 3.63) is 35.4 Å². The number of rotatable bonds is 3. The predicted molar refractivity (Wildman–Crippen MR) is 65.6 cm³/mol. The third-order valence-electron chi connectivity index (χ3n) is 2.24. The van der Waals surface area contributed by atoms with Gasteiger partial charge in [0.15, 0.2) is 5.78 Å². The van der Waals surface area contributed by atoms with E-state index >= 15 is 0 Å². The second-order valence-corrected chi connectivity index (χ2v) is 5.06. The Morgan fingerprint density at radius 2 is 1.75 bits per heavy atom. The number of hydrogen-bond acceptors (Lipinski definition) is 4. The van der Waals surface area contributed by atoms with Crippen LogP contribution >= 0.6 is 0 Å². The molecule has 0 aliphatic rings. The normalized spacial score (nSPS) is 12.4. The number of esters is 1. The highest BCUT2D eigenvalue weighted by Gasteiger charge is 2.34. The van der Waals surface area contributed by atoms with E-state index in [-0.39, 0.29) is 0 Å². The van der Waals surface area contributed by atoms with Crippen LogP contribution in [-0.2, 0) is 9.53 Å². The Morgan fingerprint density at radius 3 is 2.15 bits per heavy atom. The maximum absolute atomic E-state index is 13.5. The molecule has 0 radical (unpaired) electrons. The number of ketones is 1. The van der Waals surface area contributed by atoms with Crippen LogP contribution in [0.5, 0.6) is 0 Å². The van der Waals surface area contributed by atoms with Gasteiger partial charge in [0.1, 0.15) is 17.2 Å². The summed E-state index contributed by atoms with van der Waals surface area (Å²) in [4.78, 5) is 23.7. The number of nitriles is 1. The topological polar surface area (TPSA) is 67.2 Å². The summed E-state index contributed by atoms with van der Waals surface area (Å²) in [5, 5.41) is 8.89. The van der Waals surface area contributed by atoms with Gasteiger partial charge in [0, 0.05) is 0 Å². The first-order valence-corrected chi connectivity index (χ1v) is 5.78. The molecule has 1 unspecified atom stereocenters. The van der Waals surface area contributed by atoms with Gasteiger partial charge in [-0.15, -0.1) is 0 Å². The highest BCUT2D eigenvalue weighted by molar-refractivity contribution is 6.11. The van der Waals surface area contributed by atoms with Gasteiger partial charge >= 0.3 is 5.97 Å². The van der Waals surface area contributed by atoms with E-state index < -0.39 is 40.5 Å². The lowest BCUT2D eigenvalue weighted by molar-refractivity contribution is -0.156. The van der Waals surface area contributed by atoms with Crippen molar-refractivity contribution in [3.8, 4) is 6.07 Å². The zero-order valence-electron chi connectivity index (χ0n) is 11.2. The molecule has 0 aliphatic heterocycles. The summed E-state index contributed by atoms with van der Waals surface area (Å²) in [6.45, 7) is 4.65. The van der Waals surface area contributed by atoms with Crippen molar-refractivity contribution in [2.45, 2.75) is 26.4 Å². The molecule has 106 valence electrons. The number of benzene rings is 1. The monoisotopic (exact) mass is 281 g/mol. The van der Waals surface area contributed by atoms with Crippen LogP contribution in [0.3, 0.4) is 0 Å². The van der Waals surface area contributed by atoms with Crippen molar-refractivity contribution in [3.63, 3.8) is 0 Å². The number of nitrogens with zero attached hydrogens (tertiary/aromatic N) is 1. The van der Waals surface area contributed by atoms with E-state index in [0.29, 0.717) is 0 Å². The summed E-state index contributed by atoms with van der Waals surface area (Å²) in [7, 11) is 0. The third-order valence-corrected chi connectivity index (χ3v) is 2.24. The summed E-state index contributed by atoms with van der Waals surface area (Å²) in [5.74, 6) is -6.54. The molecule has 0 heterocycles. The maximum atomic E-state index is 13.5. The van der Waals surface area contributed by atoms with Crippen LogP contribution in [0, 0.1) is 28.9 Å². The minimum Gasteiger partial charge on any atom is -0.459 e. The summed E-state index contributed by atoms with van der Waals surface area (Å²) < 4.78 is 31.8. The lowest BCUT2D eigenvalue weighted by Gasteiger charge is -2.21. The molecular formula is C14H13F2NO3. The van der Waals surface area contributed by atoms with E-state index in [9.17, 15) is 18.4 Å². The molecule has 0 saturated carbocycles. The summed E-state index contributed by atoms with van der Waals surface area (Å²) >= 11 is 0. The largest absolute Gasteiger partial charge is 0.459 e. The first-order valence-electron chi connectivity index (χ1n) is 5.78. The quantitative estimate of drug-likeness (QED) is 0.485. The van der Waals surface area contributed by atoms with E-state index in [1.54, 1.807) is 20.8 Å². The van der Waals surface area contributed by atoms with E-state index in [1.807, 2.05) is 0 Å². The Hall–Kier alpha value is -2.29. The van der Waals surface area contributed by atoms with Crippen LogP contribution in [-0.4, -0.2) is 17.4 Å². The smallest absolute Gasteiger partial charge is 0.331 e. The van der Waals surface area contributed by atoms with E-state index in [4.69, 9.17) is 10.00 Å². The molecule has 0 amide bonds. The van der Waals surface area contributed by atoms with Crippen LogP contribution in [0.1, 0.15) is 31.1 Å². The first kappa shape index (κ1) is 15.8. The molecule has 0 aliphatic carbocycles. The number of hydrogen-bond donors (Lipinski definition) is 0. The number of carbonyl (C=O) groups excluding carboxylic acids is 2. The highest BCUT2D eigenvalue weighted by atomic mass is 19.1. The lowest BCUT2D eigenvalue weighted by atomic mass is 9.97. The zero-order chi connectivity index (χ0) is 15.5. The van der Waals surface area contributed by atoms with Crippen LogP contribution < -0.4 is 0 Å². The zero-order valence-corrected chi connectivity index (χ0v) is 11.2. The SMILES string of the molecule is CC(C)(C)OC(=O)C(C#N)C(=O)c1c(F)cccc1F. The third kappa shape index (κ3) is 3.60.